The fourth-order valence-corrected chi connectivity index (χ4v) is 3.23. The number of hydrogen-bond acceptors (Lipinski definition) is 6. The smallest absolute Gasteiger partial charge is 0.348 e. The third-order valence-corrected chi connectivity index (χ3v) is 4.46. The number of nitrogens with one attached hydrogen (secondary N) is 1. The van der Waals surface area contributed by atoms with E-state index >= 15 is 0 Å². The first-order valence-electron chi connectivity index (χ1n) is 7.13. The number of benzene rings is 1. The van der Waals surface area contributed by atoms with Gasteiger partial charge in [0.25, 0.3) is 11.8 Å². The van der Waals surface area contributed by atoms with Gasteiger partial charge in [-0.1, -0.05) is 0 Å². The number of methoxy groups -OCH3 is 1. The molecular formula is C16H14F2N2O5S. The van der Waals surface area contributed by atoms with Crippen molar-refractivity contribution in [3.05, 3.63) is 45.8 Å². The zero-order valence-electron chi connectivity index (χ0n) is 13.7. The van der Waals surface area contributed by atoms with Crippen LogP contribution in [0, 0.1) is 18.6 Å². The second kappa shape index (κ2) is 7.91. The molecule has 138 valence electrons. The van der Waals surface area contributed by atoms with Gasteiger partial charge in [0.05, 0.1) is 12.7 Å². The summed E-state index contributed by atoms with van der Waals surface area (Å²) in [6, 6.07) is 2.63. The molecular weight excluding hydrogens is 370 g/mol. The summed E-state index contributed by atoms with van der Waals surface area (Å²) in [6.07, 6.45) is 0. The largest absolute Gasteiger partial charge is 0.481 e. The first-order valence-corrected chi connectivity index (χ1v) is 7.95. The predicted octanol–water partition coefficient (Wildman–Crippen LogP) is 2.24. The van der Waals surface area contributed by atoms with Crippen LogP contribution < -0.4 is 15.8 Å². The number of esters is 1. The molecule has 0 unspecified atom stereocenters. The van der Waals surface area contributed by atoms with Crippen LogP contribution in [0.2, 0.25) is 0 Å². The molecule has 0 fully saturated rings. The van der Waals surface area contributed by atoms with E-state index in [1.54, 1.807) is 0 Å². The molecule has 1 heterocycles. The minimum Gasteiger partial charge on any atom is -0.481 e. The Hall–Kier alpha value is -3.01. The molecule has 2 aromatic rings. The highest BCUT2D eigenvalue weighted by molar-refractivity contribution is 7.18. The molecule has 0 aliphatic rings. The Morgan fingerprint density at radius 1 is 1.27 bits per heavy atom. The van der Waals surface area contributed by atoms with Crippen molar-refractivity contribution >= 4 is 34.1 Å². The average molecular weight is 384 g/mol. The van der Waals surface area contributed by atoms with Crippen LogP contribution in [0.15, 0.2) is 18.2 Å². The van der Waals surface area contributed by atoms with Gasteiger partial charge in [-0.25, -0.2) is 13.6 Å². The maximum absolute atomic E-state index is 13.5. The lowest BCUT2D eigenvalue weighted by atomic mass is 10.1. The van der Waals surface area contributed by atoms with Crippen LogP contribution in [-0.4, -0.2) is 31.5 Å². The minimum absolute atomic E-state index is 0.0308. The summed E-state index contributed by atoms with van der Waals surface area (Å²) in [7, 11) is 1.18. The Kier molecular flexibility index (Phi) is 5.88. The Bertz CT molecular complexity index is 882. The average Bonchev–Trinajstić information content (AvgIpc) is 2.89. The van der Waals surface area contributed by atoms with E-state index in [0.29, 0.717) is 6.07 Å². The second-order valence-corrected chi connectivity index (χ2v) is 6.05. The van der Waals surface area contributed by atoms with E-state index in [9.17, 15) is 23.2 Å². The number of halogens is 2. The molecule has 2 amide bonds. The van der Waals surface area contributed by atoms with Crippen molar-refractivity contribution in [3.63, 3.8) is 0 Å². The Balaban J connectivity index is 2.15. The lowest BCUT2D eigenvalue weighted by Crippen LogP contribution is -2.22. The molecule has 10 heteroatoms. The van der Waals surface area contributed by atoms with Crippen LogP contribution in [0.5, 0.6) is 5.75 Å². The van der Waals surface area contributed by atoms with E-state index < -0.39 is 36.0 Å². The fourth-order valence-electron chi connectivity index (χ4n) is 2.08. The van der Waals surface area contributed by atoms with Crippen LogP contribution >= 0.6 is 11.3 Å². The Labute approximate surface area is 150 Å². The molecule has 1 aromatic carbocycles. The van der Waals surface area contributed by atoms with Gasteiger partial charge in [-0.05, 0) is 24.6 Å². The summed E-state index contributed by atoms with van der Waals surface area (Å²) < 4.78 is 35.9. The number of anilines is 1. The van der Waals surface area contributed by atoms with Gasteiger partial charge in [-0.3, -0.25) is 9.59 Å². The maximum atomic E-state index is 13.5. The number of amides is 2. The van der Waals surface area contributed by atoms with E-state index in [1.165, 1.54) is 14.0 Å². The number of hydrogen-bond donors (Lipinski definition) is 2. The number of rotatable bonds is 6. The van der Waals surface area contributed by atoms with Crippen LogP contribution in [0.25, 0.3) is 0 Å². The summed E-state index contributed by atoms with van der Waals surface area (Å²) in [4.78, 5) is 35.4. The molecule has 0 aliphatic heterocycles. The molecule has 0 saturated heterocycles. The van der Waals surface area contributed by atoms with Crippen molar-refractivity contribution in [1.29, 1.82) is 0 Å². The van der Waals surface area contributed by atoms with E-state index in [-0.39, 0.29) is 26.8 Å². The molecule has 0 aliphatic carbocycles. The Morgan fingerprint density at radius 2 is 1.96 bits per heavy atom. The number of primary amides is 1. The molecule has 1 aromatic heterocycles. The van der Waals surface area contributed by atoms with Crippen molar-refractivity contribution in [2.24, 2.45) is 5.73 Å². The van der Waals surface area contributed by atoms with Gasteiger partial charge in [-0.15, -0.1) is 11.3 Å². The van der Waals surface area contributed by atoms with Gasteiger partial charge in [0, 0.05) is 6.07 Å². The van der Waals surface area contributed by atoms with Crippen molar-refractivity contribution in [2.75, 3.05) is 19.0 Å². The third-order valence-electron chi connectivity index (χ3n) is 3.27. The first kappa shape index (κ1) is 19.3. The predicted molar refractivity (Wildman–Crippen MR) is 89.4 cm³/mol. The lowest BCUT2D eigenvalue weighted by Gasteiger charge is -2.08. The van der Waals surface area contributed by atoms with E-state index in [2.05, 4.69) is 10.1 Å². The summed E-state index contributed by atoms with van der Waals surface area (Å²) >= 11 is 0.816. The van der Waals surface area contributed by atoms with Gasteiger partial charge >= 0.3 is 5.97 Å². The van der Waals surface area contributed by atoms with Gasteiger partial charge in [0.1, 0.15) is 15.7 Å². The minimum atomic E-state index is -0.962. The number of carbonyl (C=O) groups excluding carboxylic acids is 3. The van der Waals surface area contributed by atoms with Crippen LogP contribution in [0.3, 0.4) is 0 Å². The summed E-state index contributed by atoms with van der Waals surface area (Å²) in [6.45, 7) is 0.883. The van der Waals surface area contributed by atoms with Crippen molar-refractivity contribution < 1.29 is 32.6 Å². The van der Waals surface area contributed by atoms with Gasteiger partial charge in [-0.2, -0.15) is 0 Å². The fraction of sp³-hybridized carbons (Fsp3) is 0.188. The van der Waals surface area contributed by atoms with Crippen molar-refractivity contribution in [2.45, 2.75) is 6.92 Å². The SMILES string of the molecule is COC(=O)c1sc(NC(=O)COc2ccc(F)cc2F)c(C(N)=O)c1C. The number of thiophene rings is 1. The van der Waals surface area contributed by atoms with Gasteiger partial charge in [0.2, 0.25) is 0 Å². The summed E-state index contributed by atoms with van der Waals surface area (Å²) in [5.41, 5.74) is 5.54. The lowest BCUT2D eigenvalue weighted by molar-refractivity contribution is -0.118. The van der Waals surface area contributed by atoms with Crippen LogP contribution in [0.4, 0.5) is 13.8 Å². The molecule has 2 rings (SSSR count). The number of carbonyl (C=O) groups is 3. The topological polar surface area (TPSA) is 108 Å². The molecule has 0 spiro atoms. The molecule has 3 N–H and O–H groups in total. The molecule has 0 atom stereocenters. The highest BCUT2D eigenvalue weighted by Crippen LogP contribution is 2.33. The standard InChI is InChI=1S/C16H14F2N2O5S/c1-7-12(14(19)22)15(26-13(7)16(23)24-2)20-11(21)6-25-10-4-3-8(17)5-9(10)18/h3-5H,6H2,1-2H3,(H2,19,22)(H,20,21). The second-order valence-electron chi connectivity index (χ2n) is 5.03. The van der Waals surface area contributed by atoms with Crippen LogP contribution in [-0.2, 0) is 9.53 Å². The quantitative estimate of drug-likeness (QED) is 0.743. The highest BCUT2D eigenvalue weighted by Gasteiger charge is 2.25. The molecule has 0 saturated carbocycles. The Morgan fingerprint density at radius 3 is 2.54 bits per heavy atom. The molecule has 26 heavy (non-hydrogen) atoms. The normalized spacial score (nSPS) is 10.3. The monoisotopic (exact) mass is 384 g/mol. The third kappa shape index (κ3) is 4.14. The van der Waals surface area contributed by atoms with E-state index in [0.717, 1.165) is 23.5 Å². The molecule has 7 nitrogen and oxygen atoms in total. The maximum Gasteiger partial charge on any atom is 0.348 e. The number of nitrogens with two attached hydrogens (primary N) is 1. The van der Waals surface area contributed by atoms with E-state index in [4.69, 9.17) is 10.5 Å². The van der Waals surface area contributed by atoms with Crippen molar-refractivity contribution in [1.82, 2.24) is 0 Å². The van der Waals surface area contributed by atoms with Crippen LogP contribution in [0.1, 0.15) is 25.6 Å². The molecule has 0 bridgehead atoms. The van der Waals surface area contributed by atoms with E-state index in [1.807, 2.05) is 0 Å². The first-order chi connectivity index (χ1) is 12.2. The molecule has 0 radical (unpaired) electrons. The zero-order chi connectivity index (χ0) is 19.4. The van der Waals surface area contributed by atoms with Gasteiger partial charge in [0.15, 0.2) is 18.2 Å². The van der Waals surface area contributed by atoms with Gasteiger partial charge < -0.3 is 20.5 Å². The van der Waals surface area contributed by atoms with Crippen molar-refractivity contribution in [3.8, 4) is 5.75 Å². The summed E-state index contributed by atoms with van der Waals surface area (Å²) in [5.74, 6) is -4.30. The zero-order valence-corrected chi connectivity index (χ0v) is 14.5. The summed E-state index contributed by atoms with van der Waals surface area (Å²) in [5, 5.41) is 2.43. The number of ether oxygens (including phenoxy) is 2. The highest BCUT2D eigenvalue weighted by atomic mass is 32.1.